The predicted octanol–water partition coefficient (Wildman–Crippen LogP) is 0.908. The van der Waals surface area contributed by atoms with E-state index in [1.165, 1.54) is 4.31 Å². The third-order valence-corrected chi connectivity index (χ3v) is 5.12. The van der Waals surface area contributed by atoms with Crippen LogP contribution >= 0.6 is 0 Å². The molecule has 0 radical (unpaired) electrons. The zero-order chi connectivity index (χ0) is 13.6. The Morgan fingerprint density at radius 3 is 2.79 bits per heavy atom. The molecule has 1 saturated heterocycles. The van der Waals surface area contributed by atoms with E-state index in [-0.39, 0.29) is 18.0 Å². The first-order valence-electron chi connectivity index (χ1n) is 6.02. The number of benzene rings is 1. The Morgan fingerprint density at radius 1 is 1.37 bits per heavy atom. The number of hydrogen-bond donors (Lipinski definition) is 1. The third-order valence-electron chi connectivity index (χ3n) is 3.26. The molecule has 1 aliphatic rings. The monoisotopic (exact) mass is 278 g/mol. The van der Waals surface area contributed by atoms with Crippen LogP contribution in [0.15, 0.2) is 35.4 Å². The first-order valence-corrected chi connectivity index (χ1v) is 7.46. The number of nitrogens with zero attached hydrogens (tertiary/aromatic N) is 2. The highest BCUT2D eigenvalue weighted by Gasteiger charge is 2.36. The van der Waals surface area contributed by atoms with Crippen LogP contribution in [-0.2, 0) is 10.0 Å². The van der Waals surface area contributed by atoms with Gasteiger partial charge in [0.05, 0.1) is 11.6 Å². The van der Waals surface area contributed by atoms with Gasteiger partial charge >= 0.3 is 0 Å². The van der Waals surface area contributed by atoms with E-state index >= 15 is 0 Å². The quantitative estimate of drug-likeness (QED) is 0.886. The van der Waals surface area contributed by atoms with E-state index < -0.39 is 16.1 Å². The van der Waals surface area contributed by atoms with Crippen molar-refractivity contribution in [3.8, 4) is 0 Å². The van der Waals surface area contributed by atoms with Gasteiger partial charge in [0.25, 0.3) is 0 Å². The maximum absolute atomic E-state index is 12.4. The van der Waals surface area contributed by atoms with Gasteiger partial charge in [-0.1, -0.05) is 12.1 Å². The van der Waals surface area contributed by atoms with Crippen molar-refractivity contribution >= 4 is 20.9 Å². The lowest BCUT2D eigenvalue weighted by molar-refractivity contribution is 0.0548. The molecule has 19 heavy (non-hydrogen) atoms. The number of sulfonamides is 1. The SMILES string of the molecule is Cc1cnc2c(S(=O)(=O)N3CC(O)C3)cccc2c1. The van der Waals surface area contributed by atoms with Crippen molar-refractivity contribution in [1.82, 2.24) is 9.29 Å². The normalized spacial score (nSPS) is 17.6. The molecule has 1 fully saturated rings. The zero-order valence-corrected chi connectivity index (χ0v) is 11.3. The molecular formula is C13H14N2O3S. The average molecular weight is 278 g/mol. The summed E-state index contributed by atoms with van der Waals surface area (Å²) < 4.78 is 26.1. The van der Waals surface area contributed by atoms with Crippen molar-refractivity contribution in [2.24, 2.45) is 0 Å². The van der Waals surface area contributed by atoms with Crippen molar-refractivity contribution in [2.45, 2.75) is 17.9 Å². The Morgan fingerprint density at radius 2 is 2.11 bits per heavy atom. The van der Waals surface area contributed by atoms with Crippen LogP contribution in [-0.4, -0.2) is 42.0 Å². The molecule has 2 aromatic rings. The fraction of sp³-hybridized carbons (Fsp3) is 0.308. The molecule has 0 aliphatic carbocycles. The summed E-state index contributed by atoms with van der Waals surface area (Å²) in [7, 11) is -3.56. The Balaban J connectivity index is 2.15. The summed E-state index contributed by atoms with van der Waals surface area (Å²) in [4.78, 5) is 4.44. The van der Waals surface area contributed by atoms with Crippen molar-refractivity contribution in [1.29, 1.82) is 0 Å². The number of rotatable bonds is 2. The Bertz CT molecular complexity index is 737. The van der Waals surface area contributed by atoms with Gasteiger partial charge in [0.15, 0.2) is 0 Å². The molecule has 1 aliphatic heterocycles. The molecule has 6 heteroatoms. The lowest BCUT2D eigenvalue weighted by Gasteiger charge is -2.34. The molecule has 0 amide bonds. The smallest absolute Gasteiger partial charge is 0.245 e. The molecule has 100 valence electrons. The minimum absolute atomic E-state index is 0.157. The topological polar surface area (TPSA) is 70.5 Å². The molecule has 0 saturated carbocycles. The molecular weight excluding hydrogens is 264 g/mol. The summed E-state index contributed by atoms with van der Waals surface area (Å²) in [6.07, 6.45) is 1.10. The Hall–Kier alpha value is -1.50. The van der Waals surface area contributed by atoms with E-state index in [9.17, 15) is 13.5 Å². The van der Waals surface area contributed by atoms with E-state index in [4.69, 9.17) is 0 Å². The highest BCUT2D eigenvalue weighted by molar-refractivity contribution is 7.89. The van der Waals surface area contributed by atoms with E-state index in [0.29, 0.717) is 5.52 Å². The molecule has 3 rings (SSSR count). The number of β-amino-alcohol motifs (C(OH)–C–C–N with tert-alkyl or cyclic N) is 1. The van der Waals surface area contributed by atoms with Gasteiger partial charge in [-0.2, -0.15) is 4.31 Å². The molecule has 0 atom stereocenters. The molecule has 1 aromatic carbocycles. The fourth-order valence-electron chi connectivity index (χ4n) is 2.20. The number of hydrogen-bond acceptors (Lipinski definition) is 4. The summed E-state index contributed by atoms with van der Waals surface area (Å²) in [5.41, 5.74) is 1.47. The van der Waals surface area contributed by atoms with Crippen LogP contribution in [0.3, 0.4) is 0 Å². The largest absolute Gasteiger partial charge is 0.390 e. The van der Waals surface area contributed by atoms with Crippen LogP contribution in [0.1, 0.15) is 5.56 Å². The Kier molecular flexibility index (Phi) is 2.81. The van der Waals surface area contributed by atoms with Crippen LogP contribution in [0, 0.1) is 6.92 Å². The first-order chi connectivity index (χ1) is 8.98. The van der Waals surface area contributed by atoms with Gasteiger partial charge in [0.2, 0.25) is 10.0 Å². The number of aliphatic hydroxyl groups is 1. The fourth-order valence-corrected chi connectivity index (χ4v) is 3.88. The molecule has 0 spiro atoms. The van der Waals surface area contributed by atoms with Crippen LogP contribution in [0.25, 0.3) is 10.9 Å². The molecule has 0 unspecified atom stereocenters. The minimum Gasteiger partial charge on any atom is -0.390 e. The van der Waals surface area contributed by atoms with E-state index in [2.05, 4.69) is 4.98 Å². The van der Waals surface area contributed by atoms with E-state index in [1.54, 1.807) is 18.3 Å². The predicted molar refractivity (Wildman–Crippen MR) is 71.2 cm³/mol. The highest BCUT2D eigenvalue weighted by atomic mass is 32.2. The summed E-state index contributed by atoms with van der Waals surface area (Å²) in [6, 6.07) is 7.03. The second-order valence-corrected chi connectivity index (χ2v) is 6.72. The van der Waals surface area contributed by atoms with E-state index in [0.717, 1.165) is 10.9 Å². The maximum Gasteiger partial charge on any atom is 0.245 e. The number of aryl methyl sites for hydroxylation is 1. The molecule has 2 heterocycles. The van der Waals surface area contributed by atoms with Gasteiger partial charge in [0.1, 0.15) is 4.90 Å². The lowest BCUT2D eigenvalue weighted by atomic mass is 10.2. The van der Waals surface area contributed by atoms with Crippen LogP contribution in [0.2, 0.25) is 0 Å². The van der Waals surface area contributed by atoms with Gasteiger partial charge in [-0.15, -0.1) is 0 Å². The molecule has 5 nitrogen and oxygen atoms in total. The molecule has 0 bridgehead atoms. The first kappa shape index (κ1) is 12.5. The Labute approximate surface area is 111 Å². The third kappa shape index (κ3) is 2.01. The number of pyridine rings is 1. The summed E-state index contributed by atoms with van der Waals surface area (Å²) in [5, 5.41) is 10.1. The van der Waals surface area contributed by atoms with Gasteiger partial charge in [0, 0.05) is 24.7 Å². The molecule has 1 N–H and O–H groups in total. The number of aromatic nitrogens is 1. The highest BCUT2D eigenvalue weighted by Crippen LogP contribution is 2.27. The van der Waals surface area contributed by atoms with Crippen LogP contribution < -0.4 is 0 Å². The van der Waals surface area contributed by atoms with E-state index in [1.807, 2.05) is 19.1 Å². The van der Waals surface area contributed by atoms with Crippen molar-refractivity contribution in [3.63, 3.8) is 0 Å². The van der Waals surface area contributed by atoms with Crippen molar-refractivity contribution in [3.05, 3.63) is 36.0 Å². The number of fused-ring (bicyclic) bond motifs is 1. The standard InChI is InChI=1S/C13H14N2O3S/c1-9-5-10-3-2-4-12(13(10)14-6-9)19(17,18)15-7-11(16)8-15/h2-6,11,16H,7-8H2,1H3. The lowest BCUT2D eigenvalue weighted by Crippen LogP contribution is -2.53. The van der Waals surface area contributed by atoms with Crippen molar-refractivity contribution in [2.75, 3.05) is 13.1 Å². The second-order valence-electron chi connectivity index (χ2n) is 4.82. The van der Waals surface area contributed by atoms with Crippen molar-refractivity contribution < 1.29 is 13.5 Å². The van der Waals surface area contributed by atoms with Gasteiger partial charge in [-0.05, 0) is 24.6 Å². The molecule has 1 aromatic heterocycles. The van der Waals surface area contributed by atoms with Crippen LogP contribution in [0.5, 0.6) is 0 Å². The summed E-state index contributed by atoms with van der Waals surface area (Å²) in [6.45, 7) is 2.23. The van der Waals surface area contributed by atoms with Gasteiger partial charge < -0.3 is 5.11 Å². The summed E-state index contributed by atoms with van der Waals surface area (Å²) >= 11 is 0. The zero-order valence-electron chi connectivity index (χ0n) is 10.4. The average Bonchev–Trinajstić information content (AvgIpc) is 2.33. The minimum atomic E-state index is -3.56. The summed E-state index contributed by atoms with van der Waals surface area (Å²) in [5.74, 6) is 0. The van der Waals surface area contributed by atoms with Gasteiger partial charge in [-0.3, -0.25) is 4.98 Å². The number of para-hydroxylation sites is 1. The van der Waals surface area contributed by atoms with Crippen LogP contribution in [0.4, 0.5) is 0 Å². The number of aliphatic hydroxyl groups excluding tert-OH is 1. The second kappa shape index (κ2) is 4.26. The van der Waals surface area contributed by atoms with Gasteiger partial charge in [-0.25, -0.2) is 8.42 Å². The maximum atomic E-state index is 12.4.